The van der Waals surface area contributed by atoms with Crippen molar-refractivity contribution >= 4 is 21.4 Å². The average molecular weight is 280 g/mol. The number of aliphatic hydroxyl groups is 1. The second-order valence-corrected chi connectivity index (χ2v) is 6.97. The summed E-state index contributed by atoms with van der Waals surface area (Å²) in [4.78, 5) is 13.1. The third-order valence-electron chi connectivity index (χ3n) is 2.33. The quantitative estimate of drug-likeness (QED) is 0.709. The Hall–Kier alpha value is -0.700. The number of H-pyrrole nitrogens is 1. The second-order valence-electron chi connectivity index (χ2n) is 4.08. The molecule has 0 bridgehead atoms. The molecule has 1 aromatic heterocycles. The molecule has 0 saturated heterocycles. The SMILES string of the molecule is Cc1[nH]c(=O)sc1S(=O)(=O)NC(CO)C(C)C. The topological polar surface area (TPSA) is 99.3 Å². The number of aryl methyl sites for hydroxylation is 1. The van der Waals surface area contributed by atoms with Gasteiger partial charge in [-0.2, -0.15) is 0 Å². The fourth-order valence-corrected chi connectivity index (χ4v) is 3.98. The van der Waals surface area contributed by atoms with Gasteiger partial charge in [-0.3, -0.25) is 4.79 Å². The molecule has 0 aliphatic heterocycles. The molecule has 98 valence electrons. The first kappa shape index (κ1) is 14.4. The number of sulfonamides is 1. The monoisotopic (exact) mass is 280 g/mol. The van der Waals surface area contributed by atoms with Gasteiger partial charge >= 0.3 is 4.87 Å². The number of aromatic amines is 1. The molecule has 0 fully saturated rings. The highest BCUT2D eigenvalue weighted by molar-refractivity contribution is 7.91. The highest BCUT2D eigenvalue weighted by atomic mass is 32.2. The van der Waals surface area contributed by atoms with Crippen LogP contribution in [0.1, 0.15) is 19.5 Å². The number of aromatic nitrogens is 1. The molecular formula is C9H16N2O4S2. The molecule has 8 heteroatoms. The van der Waals surface area contributed by atoms with E-state index in [0.29, 0.717) is 17.0 Å². The van der Waals surface area contributed by atoms with Crippen molar-refractivity contribution < 1.29 is 13.5 Å². The van der Waals surface area contributed by atoms with Gasteiger partial charge in [0.15, 0.2) is 4.21 Å². The maximum Gasteiger partial charge on any atom is 0.305 e. The number of aliphatic hydroxyl groups excluding tert-OH is 1. The first-order chi connectivity index (χ1) is 7.77. The summed E-state index contributed by atoms with van der Waals surface area (Å²) in [6.45, 7) is 4.84. The number of rotatable bonds is 5. The van der Waals surface area contributed by atoms with Crippen LogP contribution in [0.15, 0.2) is 9.00 Å². The van der Waals surface area contributed by atoms with Crippen LogP contribution in [-0.2, 0) is 10.0 Å². The van der Waals surface area contributed by atoms with Crippen molar-refractivity contribution in [3.05, 3.63) is 15.4 Å². The molecule has 1 atom stereocenters. The van der Waals surface area contributed by atoms with E-state index in [-0.39, 0.29) is 16.7 Å². The molecule has 1 rings (SSSR count). The standard InChI is InChI=1S/C9H16N2O4S2/c1-5(2)7(4-12)11-17(14,15)8-6(3)10-9(13)16-8/h5,7,11-12H,4H2,1-3H3,(H,10,13). The Balaban J connectivity index is 3.04. The van der Waals surface area contributed by atoms with Crippen LogP contribution in [0.3, 0.4) is 0 Å². The molecular weight excluding hydrogens is 264 g/mol. The Morgan fingerprint density at radius 2 is 2.06 bits per heavy atom. The van der Waals surface area contributed by atoms with E-state index < -0.39 is 20.9 Å². The summed E-state index contributed by atoms with van der Waals surface area (Å²) in [7, 11) is -3.75. The minimum absolute atomic E-state index is 0.0263. The van der Waals surface area contributed by atoms with Crippen molar-refractivity contribution in [3.8, 4) is 0 Å². The van der Waals surface area contributed by atoms with Gasteiger partial charge in [0.05, 0.1) is 6.61 Å². The van der Waals surface area contributed by atoms with E-state index in [2.05, 4.69) is 9.71 Å². The van der Waals surface area contributed by atoms with Gasteiger partial charge in [-0.1, -0.05) is 25.2 Å². The van der Waals surface area contributed by atoms with Crippen molar-refractivity contribution in [1.29, 1.82) is 0 Å². The van der Waals surface area contributed by atoms with E-state index in [9.17, 15) is 13.2 Å². The van der Waals surface area contributed by atoms with Gasteiger partial charge in [0, 0.05) is 11.7 Å². The predicted molar refractivity (Wildman–Crippen MR) is 65.7 cm³/mol. The summed E-state index contributed by atoms with van der Waals surface area (Å²) in [6, 6.07) is -0.559. The molecule has 6 nitrogen and oxygen atoms in total. The molecule has 0 aliphatic carbocycles. The van der Waals surface area contributed by atoms with Gasteiger partial charge in [0.1, 0.15) is 0 Å². The molecule has 0 saturated carbocycles. The van der Waals surface area contributed by atoms with E-state index in [4.69, 9.17) is 5.11 Å². The zero-order chi connectivity index (χ0) is 13.2. The van der Waals surface area contributed by atoms with E-state index in [0.717, 1.165) is 0 Å². The van der Waals surface area contributed by atoms with Gasteiger partial charge in [0.2, 0.25) is 0 Å². The maximum atomic E-state index is 12.0. The molecule has 0 amide bonds. The lowest BCUT2D eigenvalue weighted by Crippen LogP contribution is -2.40. The summed E-state index contributed by atoms with van der Waals surface area (Å²) >= 11 is 0.642. The Labute approximate surface area is 104 Å². The third-order valence-corrected chi connectivity index (χ3v) is 5.43. The van der Waals surface area contributed by atoms with Gasteiger partial charge in [-0.05, 0) is 12.8 Å². The number of thiazole rings is 1. The van der Waals surface area contributed by atoms with Gasteiger partial charge in [-0.15, -0.1) is 0 Å². The third kappa shape index (κ3) is 3.38. The Morgan fingerprint density at radius 1 is 1.47 bits per heavy atom. The Bertz CT molecular complexity index is 529. The molecule has 17 heavy (non-hydrogen) atoms. The lowest BCUT2D eigenvalue weighted by molar-refractivity contribution is 0.228. The van der Waals surface area contributed by atoms with Crippen LogP contribution >= 0.6 is 11.3 Å². The van der Waals surface area contributed by atoms with Crippen LogP contribution in [0.25, 0.3) is 0 Å². The van der Waals surface area contributed by atoms with Crippen molar-refractivity contribution in [3.63, 3.8) is 0 Å². The van der Waals surface area contributed by atoms with Crippen molar-refractivity contribution in [2.45, 2.75) is 31.0 Å². The Morgan fingerprint density at radius 3 is 2.41 bits per heavy atom. The molecule has 1 aromatic rings. The normalized spacial score (nSPS) is 14.2. The lowest BCUT2D eigenvalue weighted by atomic mass is 10.1. The van der Waals surface area contributed by atoms with E-state index in [1.165, 1.54) is 6.92 Å². The number of hydrogen-bond acceptors (Lipinski definition) is 5. The van der Waals surface area contributed by atoms with Crippen LogP contribution in [0.4, 0.5) is 0 Å². The van der Waals surface area contributed by atoms with E-state index in [1.54, 1.807) is 13.8 Å². The van der Waals surface area contributed by atoms with Gasteiger partial charge < -0.3 is 10.1 Å². The fraction of sp³-hybridized carbons (Fsp3) is 0.667. The number of hydrogen-bond donors (Lipinski definition) is 3. The summed E-state index contributed by atoms with van der Waals surface area (Å²) in [5, 5.41) is 9.09. The summed E-state index contributed by atoms with van der Waals surface area (Å²) in [6.07, 6.45) is 0. The van der Waals surface area contributed by atoms with Crippen LogP contribution < -0.4 is 9.60 Å². The van der Waals surface area contributed by atoms with Gasteiger partial charge in [0.25, 0.3) is 10.0 Å². The first-order valence-corrected chi connectivity index (χ1v) is 7.40. The smallest absolute Gasteiger partial charge is 0.305 e. The van der Waals surface area contributed by atoms with Crippen LogP contribution in [0, 0.1) is 12.8 Å². The summed E-state index contributed by atoms with van der Waals surface area (Å²) < 4.78 is 26.3. The Kier molecular flexibility index (Phi) is 4.48. The lowest BCUT2D eigenvalue weighted by Gasteiger charge is -2.19. The molecule has 1 unspecified atom stereocenters. The molecule has 0 aliphatic rings. The molecule has 0 spiro atoms. The van der Waals surface area contributed by atoms with Crippen molar-refractivity contribution in [1.82, 2.24) is 9.71 Å². The highest BCUT2D eigenvalue weighted by Gasteiger charge is 2.25. The average Bonchev–Trinajstić information content (AvgIpc) is 2.54. The first-order valence-electron chi connectivity index (χ1n) is 5.11. The summed E-state index contributed by atoms with van der Waals surface area (Å²) in [5.41, 5.74) is 0.313. The minimum atomic E-state index is -3.75. The van der Waals surface area contributed by atoms with Crippen LogP contribution in [0.2, 0.25) is 0 Å². The highest BCUT2D eigenvalue weighted by Crippen LogP contribution is 2.17. The number of nitrogens with one attached hydrogen (secondary N) is 2. The van der Waals surface area contributed by atoms with Crippen molar-refractivity contribution in [2.75, 3.05) is 6.61 Å². The van der Waals surface area contributed by atoms with Gasteiger partial charge in [-0.25, -0.2) is 13.1 Å². The predicted octanol–water partition coefficient (Wildman–Crippen LogP) is 0.0400. The second kappa shape index (κ2) is 5.30. The maximum absolute atomic E-state index is 12.0. The largest absolute Gasteiger partial charge is 0.395 e. The molecule has 0 radical (unpaired) electrons. The fourth-order valence-electron chi connectivity index (χ4n) is 1.28. The zero-order valence-electron chi connectivity index (χ0n) is 9.85. The van der Waals surface area contributed by atoms with E-state index >= 15 is 0 Å². The van der Waals surface area contributed by atoms with E-state index in [1.807, 2.05) is 0 Å². The zero-order valence-corrected chi connectivity index (χ0v) is 11.5. The summed E-state index contributed by atoms with van der Waals surface area (Å²) in [5.74, 6) is -0.0363. The minimum Gasteiger partial charge on any atom is -0.395 e. The molecule has 3 N–H and O–H groups in total. The molecule has 0 aromatic carbocycles. The molecule has 1 heterocycles. The van der Waals surface area contributed by atoms with Crippen LogP contribution in [-0.4, -0.2) is 31.2 Å². The van der Waals surface area contributed by atoms with Crippen LogP contribution in [0.5, 0.6) is 0 Å². The van der Waals surface area contributed by atoms with Crippen molar-refractivity contribution in [2.24, 2.45) is 5.92 Å².